The van der Waals surface area contributed by atoms with E-state index in [9.17, 15) is 35.4 Å². The van der Waals surface area contributed by atoms with Crippen LogP contribution in [0.25, 0.3) is 0 Å². The highest BCUT2D eigenvalue weighted by atomic mass is 16.7. The molecule has 14 atom stereocenters. The molecule has 5 rings (SSSR count). The van der Waals surface area contributed by atoms with E-state index in [1.807, 2.05) is 6.92 Å². The molecule has 2 saturated heterocycles. The Balaban J connectivity index is 1.23. The first-order valence-electron chi connectivity index (χ1n) is 19.0. The van der Waals surface area contributed by atoms with Crippen LogP contribution in [0.4, 0.5) is 0 Å². The van der Waals surface area contributed by atoms with E-state index in [2.05, 4.69) is 17.1 Å². The van der Waals surface area contributed by atoms with Crippen LogP contribution < -0.4 is 5.32 Å². The van der Waals surface area contributed by atoms with Crippen molar-refractivity contribution in [3.05, 3.63) is 0 Å². The van der Waals surface area contributed by atoms with Crippen LogP contribution in [-0.4, -0.2) is 130 Å². The van der Waals surface area contributed by atoms with Crippen LogP contribution in [0.15, 0.2) is 0 Å². The molecule has 3 aliphatic carbocycles. The van der Waals surface area contributed by atoms with E-state index in [0.29, 0.717) is 50.1 Å². The van der Waals surface area contributed by atoms with E-state index < -0.39 is 55.4 Å². The highest BCUT2D eigenvalue weighted by Crippen LogP contribution is 2.50. The molecule has 7 N–H and O–H groups in total. The van der Waals surface area contributed by atoms with Gasteiger partial charge >= 0.3 is 0 Å². The van der Waals surface area contributed by atoms with Crippen molar-refractivity contribution >= 4 is 5.91 Å². The molecule has 5 aliphatic rings. The van der Waals surface area contributed by atoms with Crippen molar-refractivity contribution in [1.82, 2.24) is 10.2 Å². The maximum atomic E-state index is 12.0. The van der Waals surface area contributed by atoms with E-state index in [0.717, 1.165) is 58.1 Å². The van der Waals surface area contributed by atoms with Crippen molar-refractivity contribution in [3.8, 4) is 0 Å². The summed E-state index contributed by atoms with van der Waals surface area (Å²) in [4.78, 5) is 14.5. The molecular weight excluding hydrogens is 620 g/mol. The van der Waals surface area contributed by atoms with Gasteiger partial charge in [0.2, 0.25) is 5.91 Å². The van der Waals surface area contributed by atoms with Gasteiger partial charge in [-0.3, -0.25) is 9.69 Å². The summed E-state index contributed by atoms with van der Waals surface area (Å²) in [7, 11) is 0. The zero-order valence-electron chi connectivity index (χ0n) is 29.2. The first kappa shape index (κ1) is 38.3. The van der Waals surface area contributed by atoms with Crippen molar-refractivity contribution in [2.24, 2.45) is 35.5 Å². The Morgan fingerprint density at radius 2 is 1.77 bits per heavy atom. The van der Waals surface area contributed by atoms with Gasteiger partial charge in [0.05, 0.1) is 37.6 Å². The Bertz CT molecular complexity index is 988. The summed E-state index contributed by atoms with van der Waals surface area (Å²) in [6, 6.07) is 0.622. The summed E-state index contributed by atoms with van der Waals surface area (Å²) in [5, 5.41) is 67.3. The minimum atomic E-state index is -1.55. The SMILES string of the molecule is CCNC(=O)CCCC1CC[C@@H]1C[C@@H]1[C@@H]([C@@H](C)C[C@@H](O)CCC2OCCCN2C2CC2)[C@H](O)C[C@@H]1O[C@H]1OCC(CO)[C@@H](O)C(O)C1O. The molecule has 5 fully saturated rings. The van der Waals surface area contributed by atoms with Crippen LogP contribution in [0.5, 0.6) is 0 Å². The van der Waals surface area contributed by atoms with E-state index in [4.69, 9.17) is 14.2 Å². The zero-order valence-corrected chi connectivity index (χ0v) is 29.2. The lowest BCUT2D eigenvalue weighted by atomic mass is 9.65. The molecule has 0 bridgehead atoms. The van der Waals surface area contributed by atoms with Gasteiger partial charge in [0, 0.05) is 44.5 Å². The molecule has 12 nitrogen and oxygen atoms in total. The minimum Gasteiger partial charge on any atom is -0.396 e. The molecule has 0 aromatic carbocycles. The molecule has 0 aromatic heterocycles. The van der Waals surface area contributed by atoms with Gasteiger partial charge in [0.25, 0.3) is 0 Å². The lowest BCUT2D eigenvalue weighted by Crippen LogP contribution is -2.47. The van der Waals surface area contributed by atoms with Crippen molar-refractivity contribution in [3.63, 3.8) is 0 Å². The fourth-order valence-electron chi connectivity index (χ4n) is 9.19. The van der Waals surface area contributed by atoms with E-state index in [-0.39, 0.29) is 36.5 Å². The van der Waals surface area contributed by atoms with Crippen LogP contribution in [-0.2, 0) is 19.0 Å². The molecule has 3 saturated carbocycles. The molecule has 2 heterocycles. The average molecular weight is 685 g/mol. The Morgan fingerprint density at radius 3 is 2.46 bits per heavy atom. The van der Waals surface area contributed by atoms with Gasteiger partial charge < -0.3 is 50.2 Å². The smallest absolute Gasteiger partial charge is 0.219 e. The summed E-state index contributed by atoms with van der Waals surface area (Å²) in [5.74, 6) is 0.0329. The number of aliphatic hydroxyl groups excluding tert-OH is 6. The number of nitrogens with zero attached hydrogens (tertiary/aromatic N) is 1. The molecule has 278 valence electrons. The molecule has 48 heavy (non-hydrogen) atoms. The van der Waals surface area contributed by atoms with Crippen molar-refractivity contribution in [2.45, 2.75) is 153 Å². The number of hydrogen-bond acceptors (Lipinski definition) is 11. The average Bonchev–Trinajstić information content (AvgIpc) is 3.87. The van der Waals surface area contributed by atoms with Gasteiger partial charge in [0.15, 0.2) is 6.29 Å². The lowest BCUT2D eigenvalue weighted by molar-refractivity contribution is -0.235. The van der Waals surface area contributed by atoms with Gasteiger partial charge in [-0.25, -0.2) is 0 Å². The second-order valence-electron chi connectivity index (χ2n) is 15.6. The van der Waals surface area contributed by atoms with E-state index >= 15 is 0 Å². The van der Waals surface area contributed by atoms with Crippen LogP contribution in [0.3, 0.4) is 0 Å². The monoisotopic (exact) mass is 684 g/mol. The van der Waals surface area contributed by atoms with Crippen LogP contribution in [0.1, 0.15) is 97.3 Å². The fourth-order valence-corrected chi connectivity index (χ4v) is 9.19. The van der Waals surface area contributed by atoms with Crippen molar-refractivity contribution in [2.75, 3.05) is 32.9 Å². The van der Waals surface area contributed by atoms with Crippen LogP contribution in [0.2, 0.25) is 0 Å². The molecule has 0 radical (unpaired) electrons. The number of nitrogens with one attached hydrogen (secondary N) is 1. The quantitative estimate of drug-likeness (QED) is 0.118. The summed E-state index contributed by atoms with van der Waals surface area (Å²) >= 11 is 0. The maximum Gasteiger partial charge on any atom is 0.219 e. The number of aliphatic hydroxyl groups is 6. The predicted octanol–water partition coefficient (Wildman–Crippen LogP) is 1.52. The van der Waals surface area contributed by atoms with Crippen molar-refractivity contribution in [1.29, 1.82) is 0 Å². The number of rotatable bonds is 17. The topological polar surface area (TPSA) is 181 Å². The number of hydrogen-bond donors (Lipinski definition) is 7. The predicted molar refractivity (Wildman–Crippen MR) is 177 cm³/mol. The van der Waals surface area contributed by atoms with Crippen molar-refractivity contribution < 1.29 is 49.6 Å². The van der Waals surface area contributed by atoms with Crippen LogP contribution in [0, 0.1) is 35.5 Å². The first-order chi connectivity index (χ1) is 23.1. The highest BCUT2D eigenvalue weighted by molar-refractivity contribution is 5.75. The lowest BCUT2D eigenvalue weighted by Gasteiger charge is -2.42. The fraction of sp³-hybridized carbons (Fsp3) is 0.972. The molecule has 0 aromatic rings. The molecule has 2 aliphatic heterocycles. The molecule has 12 heteroatoms. The molecule has 0 spiro atoms. The summed E-state index contributed by atoms with van der Waals surface area (Å²) < 4.78 is 18.3. The summed E-state index contributed by atoms with van der Waals surface area (Å²) in [5.41, 5.74) is 0. The zero-order chi connectivity index (χ0) is 34.4. The van der Waals surface area contributed by atoms with E-state index in [1.54, 1.807) is 0 Å². The second-order valence-corrected chi connectivity index (χ2v) is 15.6. The number of carbonyl (C=O) groups is 1. The number of amides is 1. The van der Waals surface area contributed by atoms with E-state index in [1.165, 1.54) is 12.8 Å². The van der Waals surface area contributed by atoms with Gasteiger partial charge in [-0.1, -0.05) is 6.92 Å². The van der Waals surface area contributed by atoms with Gasteiger partial charge in [0.1, 0.15) is 18.4 Å². The van der Waals surface area contributed by atoms with Gasteiger partial charge in [-0.05, 0) is 107 Å². The number of ether oxygens (including phenoxy) is 3. The first-order valence-corrected chi connectivity index (χ1v) is 19.0. The second kappa shape index (κ2) is 18.0. The third-order valence-electron chi connectivity index (χ3n) is 12.2. The Labute approximate surface area is 286 Å². The number of carbonyl (C=O) groups excluding carboxylic acids is 1. The Hall–Kier alpha value is -0.930. The Kier molecular flexibility index (Phi) is 14.4. The molecule has 5 unspecified atom stereocenters. The van der Waals surface area contributed by atoms with Gasteiger partial charge in [-0.2, -0.15) is 0 Å². The standard InChI is InChI=1S/C36H64N2O10/c1-3-37-30(42)7-4-6-22-8-9-23(22)17-27-29(48-36-35(45)34(44)33(43)24(19-39)20-47-36)18-28(41)32(27)21(2)16-26(40)12-13-31-38(25-10-11-25)14-5-15-46-31/h21-29,31-36,39-41,43-45H,3-20H2,1-2H3,(H,37,42)/t21-,22?,23+,24?,26-,27-,28+,29-,31?,32+,33+,34?,35?,36+/m0/s1. The van der Waals surface area contributed by atoms with Crippen LogP contribution >= 0.6 is 0 Å². The highest BCUT2D eigenvalue weighted by Gasteiger charge is 2.50. The Morgan fingerprint density at radius 1 is 1.00 bits per heavy atom. The minimum absolute atomic E-state index is 0.00262. The summed E-state index contributed by atoms with van der Waals surface area (Å²) in [6.45, 7) is 6.00. The normalized spacial score (nSPS) is 40.6. The third-order valence-corrected chi connectivity index (χ3v) is 12.2. The molecular formula is C36H64N2O10. The largest absolute Gasteiger partial charge is 0.396 e. The third kappa shape index (κ3) is 9.68. The maximum absolute atomic E-state index is 12.0. The van der Waals surface area contributed by atoms with Gasteiger partial charge in [-0.15, -0.1) is 0 Å². The summed E-state index contributed by atoms with van der Waals surface area (Å²) in [6.07, 6.45) is 3.90. The molecule has 1 amide bonds.